The van der Waals surface area contributed by atoms with Gasteiger partial charge in [-0.25, -0.2) is 8.78 Å². The predicted molar refractivity (Wildman–Crippen MR) is 61.4 cm³/mol. The Morgan fingerprint density at radius 3 is 2.79 bits per heavy atom. The average Bonchev–Trinajstić information content (AvgIpc) is 2.82. The van der Waals surface area contributed by atoms with Gasteiger partial charge in [-0.2, -0.15) is 4.98 Å². The molecule has 2 heterocycles. The summed E-state index contributed by atoms with van der Waals surface area (Å²) in [6.07, 6.45) is -0.366. The van der Waals surface area contributed by atoms with Crippen molar-refractivity contribution in [2.75, 3.05) is 6.54 Å². The molecule has 1 aliphatic rings. The fourth-order valence-corrected chi connectivity index (χ4v) is 2.02. The molecule has 1 amide bonds. The molecule has 1 aromatic heterocycles. The van der Waals surface area contributed by atoms with E-state index in [2.05, 4.69) is 20.8 Å². The van der Waals surface area contributed by atoms with Crippen LogP contribution in [0.2, 0.25) is 0 Å². The maximum absolute atomic E-state index is 13.1. The topological polar surface area (TPSA) is 80.0 Å². The summed E-state index contributed by atoms with van der Waals surface area (Å²) in [4.78, 5) is 15.2. The van der Waals surface area contributed by atoms with Crippen molar-refractivity contribution >= 4 is 5.91 Å². The molecular formula is C11H16F2N4O2. The van der Waals surface area contributed by atoms with Gasteiger partial charge in [0.05, 0.1) is 18.1 Å². The minimum absolute atomic E-state index is 0.116. The fourth-order valence-electron chi connectivity index (χ4n) is 2.02. The van der Waals surface area contributed by atoms with Crippen molar-refractivity contribution < 1.29 is 18.1 Å². The summed E-state index contributed by atoms with van der Waals surface area (Å²) >= 11 is 0. The van der Waals surface area contributed by atoms with Crippen LogP contribution in [0.15, 0.2) is 4.52 Å². The number of nitrogens with one attached hydrogen (secondary N) is 2. The number of carbonyl (C=O) groups is 1. The van der Waals surface area contributed by atoms with Crippen LogP contribution in [0.5, 0.6) is 0 Å². The second-order valence-electron chi connectivity index (χ2n) is 5.26. The van der Waals surface area contributed by atoms with E-state index in [1.807, 2.05) is 0 Å². The molecule has 0 bridgehead atoms. The van der Waals surface area contributed by atoms with Gasteiger partial charge >= 0.3 is 0 Å². The first-order chi connectivity index (χ1) is 8.70. The van der Waals surface area contributed by atoms with Crippen molar-refractivity contribution in [1.29, 1.82) is 0 Å². The summed E-state index contributed by atoms with van der Waals surface area (Å²) in [5.41, 5.74) is -0.811. The summed E-state index contributed by atoms with van der Waals surface area (Å²) in [6.45, 7) is 4.39. The lowest BCUT2D eigenvalue weighted by Crippen LogP contribution is -2.40. The molecule has 0 aliphatic carbocycles. The van der Waals surface area contributed by atoms with Crippen LogP contribution in [0.4, 0.5) is 8.78 Å². The molecular weight excluding hydrogens is 258 g/mol. The normalized spacial score (nSPS) is 22.5. The molecule has 1 aromatic rings. The summed E-state index contributed by atoms with van der Waals surface area (Å²) in [6, 6.07) is -0.649. The van der Waals surface area contributed by atoms with E-state index in [-0.39, 0.29) is 24.0 Å². The third kappa shape index (κ3) is 3.06. The number of nitrogens with zero attached hydrogens (tertiary/aromatic N) is 2. The van der Waals surface area contributed by atoms with Crippen molar-refractivity contribution in [2.45, 2.75) is 44.7 Å². The lowest BCUT2D eigenvalue weighted by molar-refractivity contribution is -0.120. The molecule has 1 unspecified atom stereocenters. The summed E-state index contributed by atoms with van der Waals surface area (Å²) < 4.78 is 31.2. The van der Waals surface area contributed by atoms with Crippen molar-refractivity contribution in [3.05, 3.63) is 11.7 Å². The molecule has 0 radical (unpaired) electrons. The lowest BCUT2D eigenvalue weighted by atomic mass is 10.1. The molecule has 1 atom stereocenters. The molecule has 1 saturated heterocycles. The number of rotatable bonds is 3. The molecule has 106 valence electrons. The van der Waals surface area contributed by atoms with Gasteiger partial charge in [-0.05, 0) is 13.8 Å². The van der Waals surface area contributed by atoms with Crippen LogP contribution in [0.25, 0.3) is 0 Å². The van der Waals surface area contributed by atoms with Gasteiger partial charge in [0.2, 0.25) is 11.8 Å². The molecule has 1 aliphatic heterocycles. The number of hydrogen-bond donors (Lipinski definition) is 2. The number of carbonyl (C=O) groups excluding carboxylic acids is 1. The first kappa shape index (κ1) is 13.9. The molecule has 6 nitrogen and oxygen atoms in total. The molecule has 8 heteroatoms. The number of aromatic nitrogens is 2. The van der Waals surface area contributed by atoms with E-state index in [0.29, 0.717) is 0 Å². The molecule has 2 N–H and O–H groups in total. The number of hydrogen-bond acceptors (Lipinski definition) is 5. The Labute approximate surface area is 108 Å². The highest BCUT2D eigenvalue weighted by atomic mass is 19.3. The lowest BCUT2D eigenvalue weighted by Gasteiger charge is -2.20. The van der Waals surface area contributed by atoms with Crippen LogP contribution in [0.3, 0.4) is 0 Å². The van der Waals surface area contributed by atoms with Crippen LogP contribution >= 0.6 is 0 Å². The zero-order valence-electron chi connectivity index (χ0n) is 11.0. The van der Waals surface area contributed by atoms with Crippen molar-refractivity contribution in [3.8, 4) is 0 Å². The van der Waals surface area contributed by atoms with E-state index in [1.165, 1.54) is 6.92 Å². The van der Waals surface area contributed by atoms with Crippen molar-refractivity contribution in [2.24, 2.45) is 0 Å². The highest BCUT2D eigenvalue weighted by Gasteiger charge is 2.42. The number of alkyl halides is 2. The summed E-state index contributed by atoms with van der Waals surface area (Å²) in [7, 11) is 0. The van der Waals surface area contributed by atoms with Crippen LogP contribution in [-0.2, 0) is 10.3 Å². The van der Waals surface area contributed by atoms with Crippen molar-refractivity contribution in [1.82, 2.24) is 20.8 Å². The van der Waals surface area contributed by atoms with Gasteiger partial charge in [0.15, 0.2) is 5.82 Å². The zero-order chi connectivity index (χ0) is 14.3. The first-order valence-electron chi connectivity index (χ1n) is 5.94. The van der Waals surface area contributed by atoms with Gasteiger partial charge < -0.3 is 9.84 Å². The maximum atomic E-state index is 13.1. The van der Waals surface area contributed by atoms with Gasteiger partial charge in [-0.1, -0.05) is 5.16 Å². The number of halogens is 2. The Balaban J connectivity index is 2.13. The smallest absolute Gasteiger partial charge is 0.262 e. The van der Waals surface area contributed by atoms with Crippen LogP contribution < -0.4 is 10.6 Å². The van der Waals surface area contributed by atoms with Gasteiger partial charge in [0.25, 0.3) is 5.92 Å². The van der Waals surface area contributed by atoms with Crippen LogP contribution in [0.1, 0.15) is 44.9 Å². The summed E-state index contributed by atoms with van der Waals surface area (Å²) in [5.74, 6) is -2.62. The number of amides is 1. The minimum atomic E-state index is -2.76. The van der Waals surface area contributed by atoms with E-state index in [1.54, 1.807) is 13.8 Å². The van der Waals surface area contributed by atoms with E-state index >= 15 is 0 Å². The van der Waals surface area contributed by atoms with Crippen LogP contribution in [0, 0.1) is 0 Å². The second-order valence-corrected chi connectivity index (χ2v) is 5.26. The van der Waals surface area contributed by atoms with E-state index in [4.69, 9.17) is 4.52 Å². The van der Waals surface area contributed by atoms with E-state index in [9.17, 15) is 13.6 Å². The maximum Gasteiger partial charge on any atom is 0.262 e. The molecule has 0 saturated carbocycles. The molecule has 0 spiro atoms. The predicted octanol–water partition coefficient (Wildman–Crippen LogP) is 1.11. The molecule has 19 heavy (non-hydrogen) atoms. The summed E-state index contributed by atoms with van der Waals surface area (Å²) in [5, 5.41) is 9.05. The third-order valence-electron chi connectivity index (χ3n) is 2.90. The van der Waals surface area contributed by atoms with Gasteiger partial charge in [-0.15, -0.1) is 0 Å². The third-order valence-corrected chi connectivity index (χ3v) is 2.90. The van der Waals surface area contributed by atoms with E-state index in [0.717, 1.165) is 0 Å². The fraction of sp³-hybridized carbons (Fsp3) is 0.727. The first-order valence-corrected chi connectivity index (χ1v) is 5.94. The second kappa shape index (κ2) is 4.52. The Hall–Kier alpha value is -1.57. The largest absolute Gasteiger partial charge is 0.344 e. The van der Waals surface area contributed by atoms with Gasteiger partial charge in [0.1, 0.15) is 0 Å². The quantitative estimate of drug-likeness (QED) is 0.863. The highest BCUT2D eigenvalue weighted by molar-refractivity contribution is 5.73. The Bertz CT molecular complexity index is 487. The standard InChI is InChI=1S/C11H16F2N4O2/c1-6(18)16-10(2,3)9-15-8(19-17-9)7-4-11(12,13)5-14-7/h7,14H,4-5H2,1-3H3,(H,16,18). The highest BCUT2D eigenvalue weighted by Crippen LogP contribution is 2.33. The average molecular weight is 274 g/mol. The Kier molecular flexibility index (Phi) is 3.29. The molecule has 0 aromatic carbocycles. The molecule has 2 rings (SSSR count). The van der Waals surface area contributed by atoms with Gasteiger partial charge in [0, 0.05) is 13.3 Å². The molecule has 1 fully saturated rings. The SMILES string of the molecule is CC(=O)NC(C)(C)c1noc(C2CC(F)(F)CN2)n1. The zero-order valence-corrected chi connectivity index (χ0v) is 11.0. The van der Waals surface area contributed by atoms with Gasteiger partial charge in [-0.3, -0.25) is 10.1 Å². The van der Waals surface area contributed by atoms with Crippen molar-refractivity contribution in [3.63, 3.8) is 0 Å². The Morgan fingerprint density at radius 2 is 2.26 bits per heavy atom. The monoisotopic (exact) mass is 274 g/mol. The minimum Gasteiger partial charge on any atom is -0.344 e. The Morgan fingerprint density at radius 1 is 1.58 bits per heavy atom. The van der Waals surface area contributed by atoms with E-state index < -0.39 is 24.0 Å². The van der Waals surface area contributed by atoms with Crippen LogP contribution in [-0.4, -0.2) is 28.5 Å².